The lowest BCUT2D eigenvalue weighted by atomic mass is 10.1. The van der Waals surface area contributed by atoms with Crippen molar-refractivity contribution in [3.8, 4) is 0 Å². The van der Waals surface area contributed by atoms with Crippen LogP contribution in [0.2, 0.25) is 0 Å². The molecule has 1 unspecified atom stereocenters. The summed E-state index contributed by atoms with van der Waals surface area (Å²) in [5.41, 5.74) is 3.72. The van der Waals surface area contributed by atoms with Crippen LogP contribution in [0.4, 0.5) is 4.39 Å². The zero-order valence-electron chi connectivity index (χ0n) is 18.3. The summed E-state index contributed by atoms with van der Waals surface area (Å²) in [4.78, 5) is 39.2. The number of nitrogens with one attached hydrogen (secondary N) is 2. The average Bonchev–Trinajstić information content (AvgIpc) is 3.55. The molecule has 33 heavy (non-hydrogen) atoms. The molecule has 3 heterocycles. The fraction of sp³-hybridized carbons (Fsp3) is 0.333. The van der Waals surface area contributed by atoms with Crippen LogP contribution in [0.3, 0.4) is 0 Å². The SMILES string of the molecule is CCn1cnc2cc(C(=O)N3CCC(C(=O)NCCc4nc5ccc(F)cc5[nH]4)C3)ccc21. The van der Waals surface area contributed by atoms with Gasteiger partial charge in [0.15, 0.2) is 0 Å². The van der Waals surface area contributed by atoms with Crippen molar-refractivity contribution in [1.29, 1.82) is 0 Å². The van der Waals surface area contributed by atoms with Crippen molar-refractivity contribution in [3.63, 3.8) is 0 Å². The summed E-state index contributed by atoms with van der Waals surface area (Å²) in [5.74, 6) is 0.000947. The molecule has 0 aliphatic carbocycles. The molecule has 0 bridgehead atoms. The van der Waals surface area contributed by atoms with Crippen LogP contribution in [-0.2, 0) is 17.8 Å². The normalized spacial score (nSPS) is 16.1. The Hall–Kier alpha value is -3.75. The number of aryl methyl sites for hydroxylation is 1. The van der Waals surface area contributed by atoms with Crippen molar-refractivity contribution >= 4 is 33.9 Å². The Morgan fingerprint density at radius 3 is 2.94 bits per heavy atom. The van der Waals surface area contributed by atoms with Crippen molar-refractivity contribution in [3.05, 3.63) is 59.9 Å². The minimum atomic E-state index is -0.318. The van der Waals surface area contributed by atoms with Crippen LogP contribution in [-0.4, -0.2) is 55.9 Å². The minimum absolute atomic E-state index is 0.0652. The molecule has 1 aliphatic rings. The van der Waals surface area contributed by atoms with E-state index in [1.54, 1.807) is 17.3 Å². The number of carbonyl (C=O) groups excluding carboxylic acids is 2. The third-order valence-electron chi connectivity index (χ3n) is 6.21. The molecule has 8 nitrogen and oxygen atoms in total. The Bertz CT molecular complexity index is 1340. The number of amides is 2. The number of aromatic nitrogens is 4. The second-order valence-corrected chi connectivity index (χ2v) is 8.36. The first-order valence-electron chi connectivity index (χ1n) is 11.2. The summed E-state index contributed by atoms with van der Waals surface area (Å²) in [6, 6.07) is 9.97. The molecule has 1 saturated heterocycles. The van der Waals surface area contributed by atoms with Crippen molar-refractivity contribution in [2.24, 2.45) is 5.92 Å². The average molecular weight is 449 g/mol. The quantitative estimate of drug-likeness (QED) is 0.474. The number of H-pyrrole nitrogens is 1. The number of halogens is 1. The number of likely N-dealkylation sites (tertiary alicyclic amines) is 1. The second-order valence-electron chi connectivity index (χ2n) is 8.36. The van der Waals surface area contributed by atoms with Gasteiger partial charge in [-0.25, -0.2) is 14.4 Å². The number of nitrogens with zero attached hydrogens (tertiary/aromatic N) is 4. The Morgan fingerprint density at radius 2 is 2.09 bits per heavy atom. The van der Waals surface area contributed by atoms with E-state index in [1.165, 1.54) is 12.1 Å². The number of benzene rings is 2. The van der Waals surface area contributed by atoms with Crippen molar-refractivity contribution in [2.75, 3.05) is 19.6 Å². The standard InChI is InChI=1S/C24H25FN6O2/c1-2-30-14-27-20-11-15(3-6-21(20)30)24(33)31-10-8-16(13-31)23(32)26-9-7-22-28-18-5-4-17(25)12-19(18)29-22/h3-6,11-12,14,16H,2,7-10,13H2,1H3,(H,26,32)(H,28,29). The van der Waals surface area contributed by atoms with E-state index in [9.17, 15) is 14.0 Å². The van der Waals surface area contributed by atoms with Crippen LogP contribution in [0, 0.1) is 11.7 Å². The Kier molecular flexibility index (Phi) is 5.53. The number of hydrogen-bond donors (Lipinski definition) is 2. The zero-order chi connectivity index (χ0) is 22.9. The van der Waals surface area contributed by atoms with Gasteiger partial charge in [0.25, 0.3) is 5.91 Å². The molecule has 0 saturated carbocycles. The van der Waals surface area contributed by atoms with Crippen molar-refractivity contribution in [1.82, 2.24) is 29.7 Å². The molecular weight excluding hydrogens is 423 g/mol. The molecule has 2 N–H and O–H groups in total. The van der Waals surface area contributed by atoms with Gasteiger partial charge in [-0.15, -0.1) is 0 Å². The van der Waals surface area contributed by atoms with E-state index in [0.29, 0.717) is 54.9 Å². The molecule has 2 aromatic carbocycles. The van der Waals surface area contributed by atoms with Crippen LogP contribution in [0.15, 0.2) is 42.7 Å². The van der Waals surface area contributed by atoms with Crippen molar-refractivity contribution in [2.45, 2.75) is 26.3 Å². The predicted octanol–water partition coefficient (Wildman–Crippen LogP) is 2.89. The lowest BCUT2D eigenvalue weighted by Gasteiger charge is -2.16. The monoisotopic (exact) mass is 448 g/mol. The van der Waals surface area contributed by atoms with E-state index in [1.807, 2.05) is 29.7 Å². The predicted molar refractivity (Wildman–Crippen MR) is 122 cm³/mol. The van der Waals surface area contributed by atoms with Gasteiger partial charge in [0.1, 0.15) is 11.6 Å². The fourth-order valence-corrected chi connectivity index (χ4v) is 4.39. The first kappa shape index (κ1) is 21.1. The van der Waals surface area contributed by atoms with E-state index in [2.05, 4.69) is 20.3 Å². The van der Waals surface area contributed by atoms with Crippen LogP contribution < -0.4 is 5.32 Å². The molecule has 4 aromatic rings. The molecule has 1 aliphatic heterocycles. The largest absolute Gasteiger partial charge is 0.355 e. The highest BCUT2D eigenvalue weighted by atomic mass is 19.1. The van der Waals surface area contributed by atoms with Gasteiger partial charge in [0, 0.05) is 38.2 Å². The van der Waals surface area contributed by atoms with Crippen LogP contribution in [0.1, 0.15) is 29.5 Å². The third-order valence-corrected chi connectivity index (χ3v) is 6.21. The Morgan fingerprint density at radius 1 is 1.21 bits per heavy atom. The van der Waals surface area contributed by atoms with Gasteiger partial charge >= 0.3 is 0 Å². The molecule has 2 amide bonds. The molecule has 9 heteroatoms. The molecule has 0 radical (unpaired) electrons. The molecule has 5 rings (SSSR count). The van der Waals surface area contributed by atoms with Gasteiger partial charge in [-0.2, -0.15) is 0 Å². The van der Waals surface area contributed by atoms with Gasteiger partial charge in [-0.1, -0.05) is 0 Å². The maximum absolute atomic E-state index is 13.3. The maximum atomic E-state index is 13.3. The highest BCUT2D eigenvalue weighted by molar-refractivity contribution is 5.98. The highest BCUT2D eigenvalue weighted by Crippen LogP contribution is 2.21. The summed E-state index contributed by atoms with van der Waals surface area (Å²) in [7, 11) is 0. The fourth-order valence-electron chi connectivity index (χ4n) is 4.39. The van der Waals surface area contributed by atoms with Crippen molar-refractivity contribution < 1.29 is 14.0 Å². The second kappa shape index (κ2) is 8.65. The summed E-state index contributed by atoms with van der Waals surface area (Å²) < 4.78 is 15.4. The molecule has 1 fully saturated rings. The molecule has 0 spiro atoms. The summed E-state index contributed by atoms with van der Waals surface area (Å²) in [6.07, 6.45) is 2.93. The van der Waals surface area contributed by atoms with Crippen LogP contribution >= 0.6 is 0 Å². The molecule has 2 aromatic heterocycles. The number of hydrogen-bond acceptors (Lipinski definition) is 4. The summed E-state index contributed by atoms with van der Waals surface area (Å²) in [6.45, 7) is 4.24. The number of rotatable bonds is 6. The zero-order valence-corrected chi connectivity index (χ0v) is 18.3. The molecule has 1 atom stereocenters. The number of fused-ring (bicyclic) bond motifs is 2. The lowest BCUT2D eigenvalue weighted by Crippen LogP contribution is -2.35. The lowest BCUT2D eigenvalue weighted by molar-refractivity contribution is -0.124. The van der Waals surface area contributed by atoms with E-state index in [-0.39, 0.29) is 23.5 Å². The van der Waals surface area contributed by atoms with Gasteiger partial charge < -0.3 is 19.8 Å². The Labute approximate surface area is 189 Å². The van der Waals surface area contributed by atoms with Crippen LogP contribution in [0.25, 0.3) is 22.1 Å². The summed E-state index contributed by atoms with van der Waals surface area (Å²) in [5, 5.41) is 2.94. The van der Waals surface area contributed by atoms with Gasteiger partial charge in [0.05, 0.1) is 34.3 Å². The molecule has 170 valence electrons. The van der Waals surface area contributed by atoms with Gasteiger partial charge in [-0.3, -0.25) is 9.59 Å². The van der Waals surface area contributed by atoms with E-state index in [4.69, 9.17) is 0 Å². The first-order valence-corrected chi connectivity index (χ1v) is 11.2. The van der Waals surface area contributed by atoms with E-state index >= 15 is 0 Å². The Balaban J connectivity index is 1.15. The number of imidazole rings is 2. The van der Waals surface area contributed by atoms with E-state index in [0.717, 1.165) is 17.6 Å². The summed E-state index contributed by atoms with van der Waals surface area (Å²) >= 11 is 0. The minimum Gasteiger partial charge on any atom is -0.355 e. The third kappa shape index (κ3) is 4.18. The van der Waals surface area contributed by atoms with Crippen LogP contribution in [0.5, 0.6) is 0 Å². The maximum Gasteiger partial charge on any atom is 0.253 e. The number of aromatic amines is 1. The first-order chi connectivity index (χ1) is 16.0. The van der Waals surface area contributed by atoms with E-state index < -0.39 is 0 Å². The van der Waals surface area contributed by atoms with Gasteiger partial charge in [0.2, 0.25) is 5.91 Å². The van der Waals surface area contributed by atoms with Gasteiger partial charge in [-0.05, 0) is 49.7 Å². The topological polar surface area (TPSA) is 95.9 Å². The highest BCUT2D eigenvalue weighted by Gasteiger charge is 2.31. The smallest absolute Gasteiger partial charge is 0.253 e. The molecular formula is C24H25FN6O2. The number of carbonyl (C=O) groups is 2.